The number of hydrogen-bond donors (Lipinski definition) is 0. The summed E-state index contributed by atoms with van der Waals surface area (Å²) in [5.41, 5.74) is 2.65. The van der Waals surface area contributed by atoms with Crippen molar-refractivity contribution in [3.05, 3.63) is 39.8 Å². The number of tetrazole rings is 1. The molecule has 0 saturated carbocycles. The Morgan fingerprint density at radius 2 is 1.93 bits per heavy atom. The van der Waals surface area contributed by atoms with Gasteiger partial charge >= 0.3 is 5.69 Å². The maximum absolute atomic E-state index is 11.6. The SMILES string of the molecule is Cc1ccc(C)c(-n2nnn(C)c2=O)c1. The number of hydrogen-bond acceptors (Lipinski definition) is 3. The third kappa shape index (κ3) is 1.56. The van der Waals surface area contributed by atoms with Crippen molar-refractivity contribution in [2.24, 2.45) is 7.05 Å². The highest BCUT2D eigenvalue weighted by Crippen LogP contribution is 2.12. The van der Waals surface area contributed by atoms with Gasteiger partial charge in [0, 0.05) is 7.05 Å². The fourth-order valence-electron chi connectivity index (χ4n) is 1.41. The molecule has 0 aliphatic rings. The Morgan fingerprint density at radius 3 is 2.53 bits per heavy atom. The zero-order valence-electron chi connectivity index (χ0n) is 8.93. The lowest BCUT2D eigenvalue weighted by molar-refractivity contribution is 0.692. The summed E-state index contributed by atoms with van der Waals surface area (Å²) in [4.78, 5) is 11.6. The van der Waals surface area contributed by atoms with Gasteiger partial charge in [0.2, 0.25) is 0 Å². The van der Waals surface area contributed by atoms with Gasteiger partial charge in [-0.05, 0) is 41.5 Å². The van der Waals surface area contributed by atoms with Crippen molar-refractivity contribution >= 4 is 0 Å². The molecule has 0 radical (unpaired) electrons. The van der Waals surface area contributed by atoms with Gasteiger partial charge in [0.25, 0.3) is 0 Å². The Labute approximate surface area is 86.9 Å². The Kier molecular flexibility index (Phi) is 2.15. The average Bonchev–Trinajstić information content (AvgIpc) is 2.52. The number of benzene rings is 1. The molecule has 0 aliphatic carbocycles. The summed E-state index contributed by atoms with van der Waals surface area (Å²) < 4.78 is 2.52. The predicted octanol–water partition coefficient (Wildman–Crippen LogP) is 0.583. The molecular weight excluding hydrogens is 192 g/mol. The summed E-state index contributed by atoms with van der Waals surface area (Å²) in [6.45, 7) is 3.92. The first-order chi connectivity index (χ1) is 7.09. The molecule has 78 valence electrons. The minimum atomic E-state index is -0.233. The standard InChI is InChI=1S/C10H12N4O/c1-7-4-5-8(2)9(6-7)14-10(15)13(3)11-12-14/h4-6H,1-3H3. The number of aromatic nitrogens is 4. The molecular formula is C10H12N4O. The Morgan fingerprint density at radius 1 is 1.20 bits per heavy atom. The molecule has 15 heavy (non-hydrogen) atoms. The number of rotatable bonds is 1. The van der Waals surface area contributed by atoms with E-state index < -0.39 is 0 Å². The average molecular weight is 204 g/mol. The van der Waals surface area contributed by atoms with Crippen LogP contribution in [-0.4, -0.2) is 19.8 Å². The number of nitrogens with zero attached hydrogens (tertiary/aromatic N) is 4. The van der Waals surface area contributed by atoms with Crippen molar-refractivity contribution in [1.29, 1.82) is 0 Å². The third-order valence-corrected chi connectivity index (χ3v) is 2.31. The molecule has 0 spiro atoms. The van der Waals surface area contributed by atoms with Crippen molar-refractivity contribution in [2.45, 2.75) is 13.8 Å². The van der Waals surface area contributed by atoms with Crippen molar-refractivity contribution in [3.8, 4) is 5.69 Å². The van der Waals surface area contributed by atoms with Crippen LogP contribution in [0, 0.1) is 13.8 Å². The summed E-state index contributed by atoms with van der Waals surface area (Å²) in [5.74, 6) is 0. The monoisotopic (exact) mass is 204 g/mol. The van der Waals surface area contributed by atoms with E-state index >= 15 is 0 Å². The van der Waals surface area contributed by atoms with Gasteiger partial charge in [-0.25, -0.2) is 4.79 Å². The van der Waals surface area contributed by atoms with Crippen LogP contribution in [0.1, 0.15) is 11.1 Å². The van der Waals surface area contributed by atoms with Crippen LogP contribution >= 0.6 is 0 Å². The summed E-state index contributed by atoms with van der Waals surface area (Å²) in [5, 5.41) is 7.49. The molecule has 0 saturated heterocycles. The second-order valence-corrected chi connectivity index (χ2v) is 3.59. The molecule has 0 atom stereocenters. The molecule has 2 rings (SSSR count). The van der Waals surface area contributed by atoms with Gasteiger partial charge < -0.3 is 0 Å². The van der Waals surface area contributed by atoms with Gasteiger partial charge in [-0.3, -0.25) is 0 Å². The molecule has 0 fully saturated rings. The highest BCUT2D eigenvalue weighted by atomic mass is 16.2. The summed E-state index contributed by atoms with van der Waals surface area (Å²) in [6, 6.07) is 5.89. The first-order valence-corrected chi connectivity index (χ1v) is 4.66. The lowest BCUT2D eigenvalue weighted by atomic mass is 10.1. The van der Waals surface area contributed by atoms with Gasteiger partial charge in [0.1, 0.15) is 0 Å². The summed E-state index contributed by atoms with van der Waals surface area (Å²) in [7, 11) is 1.58. The van der Waals surface area contributed by atoms with Crippen LogP contribution < -0.4 is 5.69 Å². The molecule has 0 aliphatic heterocycles. The zero-order chi connectivity index (χ0) is 11.0. The Hall–Kier alpha value is -1.91. The molecule has 0 unspecified atom stereocenters. The molecule has 2 aromatic rings. The molecule has 0 N–H and O–H groups in total. The first-order valence-electron chi connectivity index (χ1n) is 4.66. The quantitative estimate of drug-likeness (QED) is 0.683. The van der Waals surface area contributed by atoms with Crippen molar-refractivity contribution in [3.63, 3.8) is 0 Å². The highest BCUT2D eigenvalue weighted by molar-refractivity contribution is 5.41. The second-order valence-electron chi connectivity index (χ2n) is 3.59. The first kappa shape index (κ1) is 9.64. The summed E-state index contributed by atoms with van der Waals surface area (Å²) in [6.07, 6.45) is 0. The number of aryl methyl sites for hydroxylation is 3. The van der Waals surface area contributed by atoms with Gasteiger partial charge in [-0.15, -0.1) is 0 Å². The lowest BCUT2D eigenvalue weighted by Crippen LogP contribution is -2.22. The van der Waals surface area contributed by atoms with Crippen LogP contribution in [0.2, 0.25) is 0 Å². The van der Waals surface area contributed by atoms with E-state index in [0.717, 1.165) is 16.8 Å². The molecule has 5 nitrogen and oxygen atoms in total. The fourth-order valence-corrected chi connectivity index (χ4v) is 1.41. The smallest absolute Gasteiger partial charge is 0.244 e. The van der Waals surface area contributed by atoms with E-state index in [-0.39, 0.29) is 5.69 Å². The molecule has 1 heterocycles. The van der Waals surface area contributed by atoms with E-state index in [1.807, 2.05) is 32.0 Å². The highest BCUT2D eigenvalue weighted by Gasteiger charge is 2.08. The van der Waals surface area contributed by atoms with Gasteiger partial charge in [0.15, 0.2) is 0 Å². The van der Waals surface area contributed by atoms with Crippen LogP contribution in [0.4, 0.5) is 0 Å². The molecule has 0 amide bonds. The van der Waals surface area contributed by atoms with Crippen LogP contribution in [-0.2, 0) is 7.05 Å². The largest absolute Gasteiger partial charge is 0.368 e. The van der Waals surface area contributed by atoms with Crippen LogP contribution in [0.25, 0.3) is 5.69 Å². The van der Waals surface area contributed by atoms with E-state index in [4.69, 9.17) is 0 Å². The van der Waals surface area contributed by atoms with Gasteiger partial charge in [0.05, 0.1) is 5.69 Å². The van der Waals surface area contributed by atoms with E-state index in [0.29, 0.717) is 0 Å². The Balaban J connectivity index is 2.69. The third-order valence-electron chi connectivity index (χ3n) is 2.31. The maximum Gasteiger partial charge on any atom is 0.368 e. The van der Waals surface area contributed by atoms with Gasteiger partial charge in [-0.2, -0.15) is 9.36 Å². The lowest BCUT2D eigenvalue weighted by Gasteiger charge is -2.04. The topological polar surface area (TPSA) is 52.7 Å². The summed E-state index contributed by atoms with van der Waals surface area (Å²) >= 11 is 0. The predicted molar refractivity (Wildman–Crippen MR) is 56.1 cm³/mol. The minimum absolute atomic E-state index is 0.233. The maximum atomic E-state index is 11.6. The van der Waals surface area contributed by atoms with E-state index in [1.54, 1.807) is 7.05 Å². The molecule has 1 aromatic heterocycles. The van der Waals surface area contributed by atoms with E-state index in [2.05, 4.69) is 10.4 Å². The normalized spacial score (nSPS) is 10.6. The minimum Gasteiger partial charge on any atom is -0.244 e. The molecule has 0 bridgehead atoms. The molecule has 5 heteroatoms. The van der Waals surface area contributed by atoms with Crippen molar-refractivity contribution in [1.82, 2.24) is 19.8 Å². The Bertz CT molecular complexity index is 553. The second kappa shape index (κ2) is 3.34. The molecule has 1 aromatic carbocycles. The van der Waals surface area contributed by atoms with E-state index in [1.165, 1.54) is 9.36 Å². The van der Waals surface area contributed by atoms with Crippen molar-refractivity contribution in [2.75, 3.05) is 0 Å². The van der Waals surface area contributed by atoms with E-state index in [9.17, 15) is 4.79 Å². The van der Waals surface area contributed by atoms with Crippen LogP contribution in [0.15, 0.2) is 23.0 Å². The van der Waals surface area contributed by atoms with Crippen LogP contribution in [0.5, 0.6) is 0 Å². The fraction of sp³-hybridized carbons (Fsp3) is 0.300. The van der Waals surface area contributed by atoms with Crippen LogP contribution in [0.3, 0.4) is 0 Å². The van der Waals surface area contributed by atoms with Crippen molar-refractivity contribution < 1.29 is 0 Å². The zero-order valence-corrected chi connectivity index (χ0v) is 8.93. The van der Waals surface area contributed by atoms with Gasteiger partial charge in [-0.1, -0.05) is 12.1 Å².